The Balaban J connectivity index is 1.62. The van der Waals surface area contributed by atoms with E-state index in [0.29, 0.717) is 25.7 Å². The van der Waals surface area contributed by atoms with Crippen LogP contribution >= 0.6 is 0 Å². The van der Waals surface area contributed by atoms with E-state index in [1.165, 1.54) is 12.8 Å². The first-order valence-electron chi connectivity index (χ1n) is 9.09. The maximum atomic E-state index is 12.5. The van der Waals surface area contributed by atoms with Crippen molar-refractivity contribution < 1.29 is 9.53 Å². The van der Waals surface area contributed by atoms with Crippen LogP contribution in [0.1, 0.15) is 32.6 Å². The van der Waals surface area contributed by atoms with Crippen LogP contribution in [-0.4, -0.2) is 51.4 Å². The average molecular weight is 342 g/mol. The number of ether oxygens (including phenoxy) is 1. The first-order chi connectivity index (χ1) is 12.3. The monoisotopic (exact) mass is 342 g/mol. The number of carbonyl (C=O) groups is 1. The van der Waals surface area contributed by atoms with E-state index in [1.807, 2.05) is 40.9 Å². The van der Waals surface area contributed by atoms with E-state index in [9.17, 15) is 4.79 Å². The lowest BCUT2D eigenvalue weighted by molar-refractivity contribution is -0.138. The minimum atomic E-state index is 0.0928. The Labute approximate surface area is 148 Å². The fourth-order valence-electron chi connectivity index (χ4n) is 3.37. The molecular formula is C19H26N4O2. The Morgan fingerprint density at radius 3 is 2.76 bits per heavy atom. The molecule has 1 aliphatic carbocycles. The van der Waals surface area contributed by atoms with Gasteiger partial charge < -0.3 is 9.64 Å². The molecule has 0 atom stereocenters. The SMILES string of the molecule is CCOCC(=O)N(CCn1ccc(-c2ccncc2)n1)C1CCCC1. The van der Waals surface area contributed by atoms with Crippen LogP contribution in [0.3, 0.4) is 0 Å². The molecule has 0 N–H and O–H groups in total. The molecule has 134 valence electrons. The minimum Gasteiger partial charge on any atom is -0.372 e. The van der Waals surface area contributed by atoms with Gasteiger partial charge in [-0.3, -0.25) is 14.5 Å². The zero-order chi connectivity index (χ0) is 17.5. The molecule has 1 amide bonds. The summed E-state index contributed by atoms with van der Waals surface area (Å²) in [5.74, 6) is 0.0928. The third-order valence-electron chi connectivity index (χ3n) is 4.70. The van der Waals surface area contributed by atoms with Crippen LogP contribution in [0.2, 0.25) is 0 Å². The number of nitrogens with zero attached hydrogens (tertiary/aromatic N) is 4. The molecule has 0 unspecified atom stereocenters. The summed E-state index contributed by atoms with van der Waals surface area (Å²) in [7, 11) is 0. The van der Waals surface area contributed by atoms with Gasteiger partial charge in [0.05, 0.1) is 12.2 Å². The molecule has 25 heavy (non-hydrogen) atoms. The highest BCUT2D eigenvalue weighted by Crippen LogP contribution is 2.24. The van der Waals surface area contributed by atoms with Crippen molar-refractivity contribution in [3.8, 4) is 11.3 Å². The van der Waals surface area contributed by atoms with Crippen molar-refractivity contribution >= 4 is 5.91 Å². The maximum absolute atomic E-state index is 12.5. The van der Waals surface area contributed by atoms with Gasteiger partial charge in [0.15, 0.2) is 0 Å². The summed E-state index contributed by atoms with van der Waals surface area (Å²) in [6.45, 7) is 4.03. The number of rotatable bonds is 8. The van der Waals surface area contributed by atoms with Crippen LogP contribution < -0.4 is 0 Å². The first kappa shape index (κ1) is 17.6. The third-order valence-corrected chi connectivity index (χ3v) is 4.70. The number of amides is 1. The molecule has 0 radical (unpaired) electrons. The van der Waals surface area contributed by atoms with Crippen LogP contribution in [0, 0.1) is 0 Å². The molecule has 3 rings (SSSR count). The van der Waals surface area contributed by atoms with Crippen molar-refractivity contribution in [3.05, 3.63) is 36.8 Å². The Hall–Kier alpha value is -2.21. The topological polar surface area (TPSA) is 60.2 Å². The van der Waals surface area contributed by atoms with Gasteiger partial charge in [-0.15, -0.1) is 0 Å². The molecule has 6 heteroatoms. The first-order valence-corrected chi connectivity index (χ1v) is 9.09. The minimum absolute atomic E-state index is 0.0928. The molecule has 1 aliphatic rings. The molecule has 0 aliphatic heterocycles. The van der Waals surface area contributed by atoms with E-state index in [2.05, 4.69) is 10.1 Å². The van der Waals surface area contributed by atoms with Crippen LogP contribution in [0.5, 0.6) is 0 Å². The highest BCUT2D eigenvalue weighted by atomic mass is 16.5. The lowest BCUT2D eigenvalue weighted by atomic mass is 10.2. The molecule has 1 fully saturated rings. The predicted molar refractivity (Wildman–Crippen MR) is 95.9 cm³/mol. The van der Waals surface area contributed by atoms with Crippen molar-refractivity contribution in [2.75, 3.05) is 19.8 Å². The zero-order valence-corrected chi connectivity index (χ0v) is 14.8. The quantitative estimate of drug-likeness (QED) is 0.740. The smallest absolute Gasteiger partial charge is 0.248 e. The molecular weight excluding hydrogens is 316 g/mol. The Morgan fingerprint density at radius 2 is 2.04 bits per heavy atom. The van der Waals surface area contributed by atoms with E-state index in [0.717, 1.165) is 24.1 Å². The zero-order valence-electron chi connectivity index (χ0n) is 14.8. The average Bonchev–Trinajstić information content (AvgIpc) is 3.33. The van der Waals surface area contributed by atoms with E-state index >= 15 is 0 Å². The van der Waals surface area contributed by atoms with Crippen molar-refractivity contribution in [1.82, 2.24) is 19.7 Å². The molecule has 0 saturated heterocycles. The Bertz CT molecular complexity index is 665. The second-order valence-electron chi connectivity index (χ2n) is 6.36. The summed E-state index contributed by atoms with van der Waals surface area (Å²) in [6.07, 6.45) is 10.1. The Morgan fingerprint density at radius 1 is 1.28 bits per heavy atom. The lowest BCUT2D eigenvalue weighted by Gasteiger charge is -2.29. The second-order valence-corrected chi connectivity index (χ2v) is 6.36. The molecule has 6 nitrogen and oxygen atoms in total. The normalized spacial score (nSPS) is 14.8. The van der Waals surface area contributed by atoms with Gasteiger partial charge >= 0.3 is 0 Å². The van der Waals surface area contributed by atoms with Crippen molar-refractivity contribution in [1.29, 1.82) is 0 Å². The summed E-state index contributed by atoms with van der Waals surface area (Å²) >= 11 is 0. The highest BCUT2D eigenvalue weighted by molar-refractivity contribution is 5.77. The van der Waals surface area contributed by atoms with Gasteiger partial charge in [0.1, 0.15) is 6.61 Å². The second kappa shape index (κ2) is 8.76. The van der Waals surface area contributed by atoms with Crippen LogP contribution in [0.4, 0.5) is 0 Å². The largest absolute Gasteiger partial charge is 0.372 e. The molecule has 0 spiro atoms. The fraction of sp³-hybridized carbons (Fsp3) is 0.526. The summed E-state index contributed by atoms with van der Waals surface area (Å²) in [5.41, 5.74) is 1.98. The fourth-order valence-corrected chi connectivity index (χ4v) is 3.37. The molecule has 2 heterocycles. The van der Waals surface area contributed by atoms with Crippen LogP contribution in [0.25, 0.3) is 11.3 Å². The number of hydrogen-bond donors (Lipinski definition) is 0. The predicted octanol–water partition coefficient (Wildman–Crippen LogP) is 2.75. The van der Waals surface area contributed by atoms with Gasteiger partial charge in [0.25, 0.3) is 0 Å². The van der Waals surface area contributed by atoms with E-state index in [1.54, 1.807) is 12.4 Å². The van der Waals surface area contributed by atoms with Gasteiger partial charge in [-0.25, -0.2) is 0 Å². The molecule has 0 bridgehead atoms. The highest BCUT2D eigenvalue weighted by Gasteiger charge is 2.26. The molecule has 0 aromatic carbocycles. The van der Waals surface area contributed by atoms with Gasteiger partial charge in [-0.05, 0) is 38.0 Å². The summed E-state index contributed by atoms with van der Waals surface area (Å²) in [6, 6.07) is 6.24. The number of carbonyl (C=O) groups excluding carboxylic acids is 1. The van der Waals surface area contributed by atoms with E-state index in [-0.39, 0.29) is 12.5 Å². The van der Waals surface area contributed by atoms with Crippen LogP contribution in [-0.2, 0) is 16.1 Å². The van der Waals surface area contributed by atoms with Gasteiger partial charge in [0.2, 0.25) is 5.91 Å². The lowest BCUT2D eigenvalue weighted by Crippen LogP contribution is -2.42. The van der Waals surface area contributed by atoms with Gasteiger partial charge in [-0.1, -0.05) is 12.8 Å². The summed E-state index contributed by atoms with van der Waals surface area (Å²) < 4.78 is 7.24. The summed E-state index contributed by atoms with van der Waals surface area (Å²) in [4.78, 5) is 18.5. The van der Waals surface area contributed by atoms with Crippen molar-refractivity contribution in [2.45, 2.75) is 45.2 Å². The van der Waals surface area contributed by atoms with Gasteiger partial charge in [0, 0.05) is 43.3 Å². The molecule has 2 aromatic rings. The van der Waals surface area contributed by atoms with Crippen LogP contribution in [0.15, 0.2) is 36.8 Å². The number of hydrogen-bond acceptors (Lipinski definition) is 4. The number of aromatic nitrogens is 3. The van der Waals surface area contributed by atoms with E-state index < -0.39 is 0 Å². The standard InChI is InChI=1S/C19H26N4O2/c1-2-25-15-19(24)23(17-5-3-4-6-17)14-13-22-12-9-18(21-22)16-7-10-20-11-8-16/h7-12,17H,2-6,13-15H2,1H3. The maximum Gasteiger partial charge on any atom is 0.248 e. The Kier molecular flexibility index (Phi) is 6.17. The number of pyridine rings is 1. The van der Waals surface area contributed by atoms with Gasteiger partial charge in [-0.2, -0.15) is 5.10 Å². The summed E-state index contributed by atoms with van der Waals surface area (Å²) in [5, 5.41) is 4.62. The van der Waals surface area contributed by atoms with Crippen molar-refractivity contribution in [3.63, 3.8) is 0 Å². The molecule has 1 saturated carbocycles. The molecule has 2 aromatic heterocycles. The van der Waals surface area contributed by atoms with E-state index in [4.69, 9.17) is 4.74 Å². The third kappa shape index (κ3) is 4.66. The van der Waals surface area contributed by atoms with Crippen molar-refractivity contribution in [2.24, 2.45) is 0 Å².